The molecule has 0 fully saturated rings. The molecule has 0 saturated carbocycles. The largest absolute Gasteiger partial charge is 0.455 e. The Kier molecular flexibility index (Phi) is 5.23. The van der Waals surface area contributed by atoms with Gasteiger partial charge in [0, 0.05) is 5.56 Å². The van der Waals surface area contributed by atoms with E-state index >= 15 is 0 Å². The van der Waals surface area contributed by atoms with Crippen LogP contribution in [0.2, 0.25) is 0 Å². The molecule has 0 radical (unpaired) electrons. The van der Waals surface area contributed by atoms with E-state index in [1.54, 1.807) is 0 Å². The summed E-state index contributed by atoms with van der Waals surface area (Å²) in [4.78, 5) is 16.3. The number of hydrogen-bond acceptors (Lipinski definition) is 5. The molecular weight excluding hydrogens is 316 g/mol. The van der Waals surface area contributed by atoms with Crippen molar-refractivity contribution in [2.24, 2.45) is 0 Å². The summed E-state index contributed by atoms with van der Waals surface area (Å²) in [5.74, 6) is 0.460. The van der Waals surface area contributed by atoms with E-state index in [9.17, 15) is 4.79 Å². The monoisotopic (exact) mass is 336 g/mol. The maximum absolute atomic E-state index is 12.0. The summed E-state index contributed by atoms with van der Waals surface area (Å²) in [6.45, 7) is 4.05. The maximum atomic E-state index is 12.0. The van der Waals surface area contributed by atoms with Crippen LogP contribution in [0.25, 0.3) is 11.4 Å². The Morgan fingerprint density at radius 2 is 1.88 bits per heavy atom. The number of esters is 1. The van der Waals surface area contributed by atoms with E-state index < -0.39 is 0 Å². The zero-order valence-corrected chi connectivity index (χ0v) is 14.4. The van der Waals surface area contributed by atoms with E-state index in [1.165, 1.54) is 5.56 Å². The molecule has 0 N–H and O–H groups in total. The summed E-state index contributed by atoms with van der Waals surface area (Å²) in [5.41, 5.74) is 4.14. The smallest absolute Gasteiger partial charge is 0.310 e. The minimum absolute atomic E-state index is 0.0231. The third-order valence-corrected chi connectivity index (χ3v) is 4.04. The molecule has 2 aromatic carbocycles. The summed E-state index contributed by atoms with van der Waals surface area (Å²) in [6, 6.07) is 15.7. The first-order chi connectivity index (χ1) is 12.2. The maximum Gasteiger partial charge on any atom is 0.310 e. The second kappa shape index (κ2) is 7.75. The van der Waals surface area contributed by atoms with E-state index in [-0.39, 0.29) is 24.9 Å². The van der Waals surface area contributed by atoms with Gasteiger partial charge in [-0.2, -0.15) is 4.98 Å². The SMILES string of the molecule is CCc1ccc(-c2noc(COC(=O)Cc3ccccc3C)n2)cc1. The molecule has 128 valence electrons. The standard InChI is InChI=1S/C20H20N2O3/c1-3-15-8-10-16(11-9-15)20-21-18(25-22-20)13-24-19(23)12-17-7-5-4-6-14(17)2/h4-11H,3,12-13H2,1-2H3. The highest BCUT2D eigenvalue weighted by atomic mass is 16.6. The molecule has 0 aliphatic heterocycles. The highest BCUT2D eigenvalue weighted by Gasteiger charge is 2.12. The molecule has 5 nitrogen and oxygen atoms in total. The van der Waals surface area contributed by atoms with Crippen molar-refractivity contribution in [1.82, 2.24) is 10.1 Å². The highest BCUT2D eigenvalue weighted by Crippen LogP contribution is 2.17. The summed E-state index contributed by atoms with van der Waals surface area (Å²) in [5, 5.41) is 3.94. The molecule has 1 heterocycles. The first kappa shape index (κ1) is 16.9. The van der Waals surface area contributed by atoms with Crippen molar-refractivity contribution >= 4 is 5.97 Å². The minimum atomic E-state index is -0.318. The number of carbonyl (C=O) groups is 1. The Hall–Kier alpha value is -2.95. The van der Waals surface area contributed by atoms with Crippen LogP contribution in [0.1, 0.15) is 29.5 Å². The van der Waals surface area contributed by atoms with Crippen LogP contribution < -0.4 is 0 Å². The lowest BCUT2D eigenvalue weighted by Gasteiger charge is -2.04. The van der Waals surface area contributed by atoms with Gasteiger partial charge in [0.15, 0.2) is 6.61 Å². The zero-order chi connectivity index (χ0) is 17.6. The summed E-state index contributed by atoms with van der Waals surface area (Å²) >= 11 is 0. The first-order valence-corrected chi connectivity index (χ1v) is 8.27. The Labute approximate surface area is 146 Å². The molecule has 0 saturated heterocycles. The fourth-order valence-corrected chi connectivity index (χ4v) is 2.48. The van der Waals surface area contributed by atoms with Crippen LogP contribution in [0.5, 0.6) is 0 Å². The van der Waals surface area contributed by atoms with Crippen molar-refractivity contribution in [2.45, 2.75) is 33.3 Å². The number of ether oxygens (including phenoxy) is 1. The lowest BCUT2D eigenvalue weighted by Crippen LogP contribution is -2.09. The van der Waals surface area contributed by atoms with Crippen LogP contribution in [-0.4, -0.2) is 16.1 Å². The Bertz CT molecular complexity index is 853. The van der Waals surface area contributed by atoms with Gasteiger partial charge >= 0.3 is 5.97 Å². The second-order valence-corrected chi connectivity index (χ2v) is 5.83. The number of aryl methyl sites for hydroxylation is 2. The molecule has 0 spiro atoms. The third kappa shape index (κ3) is 4.32. The van der Waals surface area contributed by atoms with Crippen LogP contribution in [-0.2, 0) is 29.0 Å². The van der Waals surface area contributed by atoms with Crippen molar-refractivity contribution in [1.29, 1.82) is 0 Å². The van der Waals surface area contributed by atoms with Gasteiger partial charge in [-0.3, -0.25) is 4.79 Å². The summed E-state index contributed by atoms with van der Waals surface area (Å²) < 4.78 is 10.4. The van der Waals surface area contributed by atoms with Gasteiger partial charge in [0.05, 0.1) is 6.42 Å². The highest BCUT2D eigenvalue weighted by molar-refractivity contribution is 5.73. The number of aromatic nitrogens is 2. The predicted molar refractivity (Wildman–Crippen MR) is 93.8 cm³/mol. The summed E-state index contributed by atoms with van der Waals surface area (Å²) in [7, 11) is 0. The fourth-order valence-electron chi connectivity index (χ4n) is 2.48. The molecule has 3 rings (SSSR count). The first-order valence-electron chi connectivity index (χ1n) is 8.27. The third-order valence-electron chi connectivity index (χ3n) is 4.04. The molecule has 0 aliphatic rings. The molecule has 3 aromatic rings. The molecule has 0 atom stereocenters. The van der Waals surface area contributed by atoms with Gasteiger partial charge in [-0.05, 0) is 30.0 Å². The zero-order valence-electron chi connectivity index (χ0n) is 14.4. The molecule has 0 aliphatic carbocycles. The fraction of sp³-hybridized carbons (Fsp3) is 0.250. The molecule has 0 amide bonds. The quantitative estimate of drug-likeness (QED) is 0.639. The van der Waals surface area contributed by atoms with Crippen LogP contribution in [0.4, 0.5) is 0 Å². The summed E-state index contributed by atoms with van der Waals surface area (Å²) in [6.07, 6.45) is 1.21. The van der Waals surface area contributed by atoms with Crippen LogP contribution in [0.15, 0.2) is 53.1 Å². The van der Waals surface area contributed by atoms with Crippen molar-refractivity contribution < 1.29 is 14.1 Å². The normalized spacial score (nSPS) is 10.6. The Morgan fingerprint density at radius 1 is 1.12 bits per heavy atom. The van der Waals surface area contributed by atoms with Crippen LogP contribution >= 0.6 is 0 Å². The van der Waals surface area contributed by atoms with E-state index in [4.69, 9.17) is 9.26 Å². The van der Waals surface area contributed by atoms with Gasteiger partial charge < -0.3 is 9.26 Å². The average Bonchev–Trinajstić information content (AvgIpc) is 3.11. The van der Waals surface area contributed by atoms with E-state index in [0.717, 1.165) is 23.1 Å². The molecule has 1 aromatic heterocycles. The molecular formula is C20H20N2O3. The lowest BCUT2D eigenvalue weighted by atomic mass is 10.1. The van der Waals surface area contributed by atoms with Crippen molar-refractivity contribution in [3.8, 4) is 11.4 Å². The topological polar surface area (TPSA) is 65.2 Å². The van der Waals surface area contributed by atoms with Gasteiger partial charge in [-0.25, -0.2) is 0 Å². The van der Waals surface area contributed by atoms with E-state index in [0.29, 0.717) is 5.82 Å². The van der Waals surface area contributed by atoms with Crippen molar-refractivity contribution in [3.63, 3.8) is 0 Å². The molecule has 0 bridgehead atoms. The minimum Gasteiger partial charge on any atom is -0.455 e. The van der Waals surface area contributed by atoms with Gasteiger partial charge in [0.25, 0.3) is 5.89 Å². The van der Waals surface area contributed by atoms with Crippen molar-refractivity contribution in [2.75, 3.05) is 0 Å². The van der Waals surface area contributed by atoms with Crippen LogP contribution in [0.3, 0.4) is 0 Å². The van der Waals surface area contributed by atoms with Crippen molar-refractivity contribution in [3.05, 3.63) is 71.1 Å². The number of rotatable bonds is 6. The lowest BCUT2D eigenvalue weighted by molar-refractivity contribution is -0.144. The predicted octanol–water partition coefficient (Wildman–Crippen LogP) is 3.89. The molecule has 5 heteroatoms. The Balaban J connectivity index is 1.58. The van der Waals surface area contributed by atoms with Gasteiger partial charge in [0.2, 0.25) is 5.82 Å². The van der Waals surface area contributed by atoms with Gasteiger partial charge in [0.1, 0.15) is 0 Å². The number of carbonyl (C=O) groups excluding carboxylic acids is 1. The van der Waals surface area contributed by atoms with Crippen LogP contribution in [0, 0.1) is 6.92 Å². The van der Waals surface area contributed by atoms with Gasteiger partial charge in [-0.1, -0.05) is 60.6 Å². The van der Waals surface area contributed by atoms with E-state index in [2.05, 4.69) is 17.1 Å². The second-order valence-electron chi connectivity index (χ2n) is 5.83. The molecule has 25 heavy (non-hydrogen) atoms. The molecule has 0 unspecified atom stereocenters. The Morgan fingerprint density at radius 3 is 2.60 bits per heavy atom. The number of hydrogen-bond donors (Lipinski definition) is 0. The average molecular weight is 336 g/mol. The van der Waals surface area contributed by atoms with Gasteiger partial charge in [-0.15, -0.1) is 0 Å². The number of benzene rings is 2. The van der Waals surface area contributed by atoms with E-state index in [1.807, 2.05) is 55.5 Å². The number of nitrogens with zero attached hydrogens (tertiary/aromatic N) is 2.